The fourth-order valence-electron chi connectivity index (χ4n) is 5.18. The molecule has 3 aliphatic heterocycles. The van der Waals surface area contributed by atoms with Crippen molar-refractivity contribution in [1.82, 2.24) is 5.32 Å². The van der Waals surface area contributed by atoms with Crippen molar-refractivity contribution in [3.63, 3.8) is 0 Å². The molecule has 0 radical (unpaired) electrons. The number of amides is 4. The molecule has 2 fully saturated rings. The molecule has 5 rings (SSSR count). The van der Waals surface area contributed by atoms with Crippen LogP contribution in [0.15, 0.2) is 48.5 Å². The number of nitrogens with zero attached hydrogens (tertiary/aromatic N) is 1. The average Bonchev–Trinajstić information content (AvgIpc) is 3.32. The highest BCUT2D eigenvalue weighted by molar-refractivity contribution is 6.25. The Bertz CT molecular complexity index is 1150. The van der Waals surface area contributed by atoms with Crippen LogP contribution in [0.4, 0.5) is 15.8 Å². The third-order valence-corrected chi connectivity index (χ3v) is 6.42. The lowest BCUT2D eigenvalue weighted by Gasteiger charge is -2.29. The first-order valence-electron chi connectivity index (χ1n) is 9.95. The Balaban J connectivity index is 1.66. The molecule has 0 aromatic heterocycles. The van der Waals surface area contributed by atoms with Gasteiger partial charge in [-0.2, -0.15) is 0 Å². The molecule has 3 aliphatic rings. The number of para-hydroxylation sites is 2. The smallest absolute Gasteiger partial charge is 0.250 e. The molecule has 4 N–H and O–H groups in total. The number of halogens is 1. The maximum Gasteiger partial charge on any atom is 0.250 e. The summed E-state index contributed by atoms with van der Waals surface area (Å²) in [6.45, 7) is 0. The second kappa shape index (κ2) is 6.71. The summed E-state index contributed by atoms with van der Waals surface area (Å²) in [6.07, 6.45) is 0.138. The van der Waals surface area contributed by atoms with E-state index in [1.54, 1.807) is 24.3 Å². The minimum absolute atomic E-state index is 0.0264. The predicted molar refractivity (Wildman–Crippen MR) is 108 cm³/mol. The molecule has 1 spiro atoms. The fourth-order valence-corrected chi connectivity index (χ4v) is 5.18. The summed E-state index contributed by atoms with van der Waals surface area (Å²) in [6, 6.07) is 11.8. The Hall–Kier alpha value is -3.59. The molecule has 2 aromatic carbocycles. The van der Waals surface area contributed by atoms with E-state index in [1.165, 1.54) is 24.3 Å². The molecule has 2 saturated heterocycles. The molecule has 0 saturated carbocycles. The first-order chi connectivity index (χ1) is 14.9. The van der Waals surface area contributed by atoms with E-state index in [0.29, 0.717) is 11.3 Å². The summed E-state index contributed by atoms with van der Waals surface area (Å²) in [5.41, 5.74) is 4.75. The minimum Gasteiger partial charge on any atom is -0.370 e. The highest BCUT2D eigenvalue weighted by Crippen LogP contribution is 2.54. The maximum absolute atomic E-state index is 14.5. The zero-order chi connectivity index (χ0) is 21.9. The largest absolute Gasteiger partial charge is 0.370 e. The van der Waals surface area contributed by atoms with Crippen LogP contribution in [0.1, 0.15) is 18.4 Å². The number of carbonyl (C=O) groups is 4. The fraction of sp³-hybridized carbons (Fsp3) is 0.273. The van der Waals surface area contributed by atoms with Crippen LogP contribution in [0, 0.1) is 17.7 Å². The number of imide groups is 1. The van der Waals surface area contributed by atoms with Gasteiger partial charge in [-0.25, -0.2) is 9.29 Å². The number of hydrogen-bond acceptors (Lipinski definition) is 5. The number of hydrogen-bond donors (Lipinski definition) is 3. The van der Waals surface area contributed by atoms with Gasteiger partial charge >= 0.3 is 0 Å². The summed E-state index contributed by atoms with van der Waals surface area (Å²) < 4.78 is 14.5. The lowest BCUT2D eigenvalue weighted by Crippen LogP contribution is -2.53. The van der Waals surface area contributed by atoms with Crippen LogP contribution < -0.4 is 21.3 Å². The van der Waals surface area contributed by atoms with Crippen molar-refractivity contribution in [3.8, 4) is 0 Å². The van der Waals surface area contributed by atoms with Crippen molar-refractivity contribution in [3.05, 3.63) is 59.9 Å². The summed E-state index contributed by atoms with van der Waals surface area (Å²) >= 11 is 0. The van der Waals surface area contributed by atoms with Gasteiger partial charge in [0.15, 0.2) is 0 Å². The molecule has 4 amide bonds. The van der Waals surface area contributed by atoms with Gasteiger partial charge in [-0.3, -0.25) is 24.5 Å². The van der Waals surface area contributed by atoms with Crippen molar-refractivity contribution < 1.29 is 23.6 Å². The predicted octanol–water partition coefficient (Wildman–Crippen LogP) is 1.02. The molecule has 2 aromatic rings. The van der Waals surface area contributed by atoms with E-state index in [-0.39, 0.29) is 18.5 Å². The van der Waals surface area contributed by atoms with E-state index in [9.17, 15) is 23.6 Å². The van der Waals surface area contributed by atoms with E-state index in [1.807, 2.05) is 0 Å². The van der Waals surface area contributed by atoms with Gasteiger partial charge in [-0.15, -0.1) is 0 Å². The number of anilines is 2. The average molecular weight is 422 g/mol. The van der Waals surface area contributed by atoms with Crippen LogP contribution in [0.2, 0.25) is 0 Å². The number of fused-ring (bicyclic) bond motifs is 4. The van der Waals surface area contributed by atoms with Gasteiger partial charge in [0.05, 0.1) is 17.5 Å². The van der Waals surface area contributed by atoms with Crippen LogP contribution >= 0.6 is 0 Å². The summed E-state index contributed by atoms with van der Waals surface area (Å²) in [5.74, 6) is -5.00. The summed E-state index contributed by atoms with van der Waals surface area (Å²) in [5, 5.41) is 5.98. The Labute approximate surface area is 176 Å². The van der Waals surface area contributed by atoms with Gasteiger partial charge in [0, 0.05) is 23.7 Å². The molecule has 0 unspecified atom stereocenters. The zero-order valence-corrected chi connectivity index (χ0v) is 16.3. The van der Waals surface area contributed by atoms with Gasteiger partial charge in [0.25, 0.3) is 0 Å². The number of primary amides is 1. The summed E-state index contributed by atoms with van der Waals surface area (Å²) in [7, 11) is 0. The molecule has 4 atom stereocenters. The number of nitrogens with two attached hydrogens (primary N) is 1. The van der Waals surface area contributed by atoms with Crippen LogP contribution in [0.5, 0.6) is 0 Å². The normalized spacial score (nSPS) is 28.7. The van der Waals surface area contributed by atoms with Gasteiger partial charge in [-0.1, -0.05) is 30.3 Å². The van der Waals surface area contributed by atoms with Crippen molar-refractivity contribution in [2.24, 2.45) is 17.6 Å². The molecule has 31 heavy (non-hydrogen) atoms. The maximum atomic E-state index is 14.5. The Morgan fingerprint density at radius 2 is 1.77 bits per heavy atom. The van der Waals surface area contributed by atoms with Crippen LogP contribution in [0.25, 0.3) is 0 Å². The Morgan fingerprint density at radius 1 is 1.06 bits per heavy atom. The Kier molecular flexibility index (Phi) is 4.19. The van der Waals surface area contributed by atoms with Crippen molar-refractivity contribution >= 4 is 35.0 Å². The van der Waals surface area contributed by atoms with Gasteiger partial charge in [0.1, 0.15) is 11.4 Å². The molecular weight excluding hydrogens is 403 g/mol. The van der Waals surface area contributed by atoms with Crippen molar-refractivity contribution in [1.29, 1.82) is 0 Å². The van der Waals surface area contributed by atoms with Gasteiger partial charge in [-0.05, 0) is 24.6 Å². The van der Waals surface area contributed by atoms with E-state index >= 15 is 0 Å². The molecule has 0 aliphatic carbocycles. The standard InChI is InChI=1S/C22H19FN4O4/c23-12-6-2-4-8-15(12)27-19(29)17-14(9-10-16(24)28)26-22(18(17)20(27)30)11-5-1-3-7-13(11)25-21(22)31/h1-8,14,17-18,26H,9-10H2,(H2,24,28)(H,25,31)/t14-,17+,18+,22-/m0/s1. The lowest BCUT2D eigenvalue weighted by atomic mass is 9.76. The highest BCUT2D eigenvalue weighted by atomic mass is 19.1. The molecule has 8 nitrogen and oxygen atoms in total. The minimum atomic E-state index is -1.49. The van der Waals surface area contributed by atoms with Crippen molar-refractivity contribution in [2.75, 3.05) is 10.2 Å². The van der Waals surface area contributed by atoms with Crippen LogP contribution in [0.3, 0.4) is 0 Å². The molecule has 0 bridgehead atoms. The monoisotopic (exact) mass is 422 g/mol. The second-order valence-electron chi connectivity index (χ2n) is 8.03. The van der Waals surface area contributed by atoms with E-state index in [0.717, 1.165) is 4.90 Å². The third-order valence-electron chi connectivity index (χ3n) is 6.42. The topological polar surface area (TPSA) is 122 Å². The number of carbonyl (C=O) groups excluding carboxylic acids is 4. The van der Waals surface area contributed by atoms with E-state index in [2.05, 4.69) is 10.6 Å². The first-order valence-corrected chi connectivity index (χ1v) is 9.95. The number of nitrogens with one attached hydrogen (secondary N) is 2. The van der Waals surface area contributed by atoms with E-state index in [4.69, 9.17) is 5.73 Å². The van der Waals surface area contributed by atoms with Crippen LogP contribution in [-0.2, 0) is 24.7 Å². The van der Waals surface area contributed by atoms with Crippen LogP contribution in [-0.4, -0.2) is 29.7 Å². The molecular formula is C22H19FN4O4. The highest BCUT2D eigenvalue weighted by Gasteiger charge is 2.70. The first kappa shape index (κ1) is 19.4. The van der Waals surface area contributed by atoms with Gasteiger partial charge < -0.3 is 11.1 Å². The van der Waals surface area contributed by atoms with Gasteiger partial charge in [0.2, 0.25) is 23.6 Å². The molecule has 3 heterocycles. The second-order valence-corrected chi connectivity index (χ2v) is 8.03. The lowest BCUT2D eigenvalue weighted by molar-refractivity contribution is -0.130. The van der Waals surface area contributed by atoms with E-state index < -0.39 is 52.9 Å². The number of rotatable bonds is 4. The molecule has 158 valence electrons. The quantitative estimate of drug-likeness (QED) is 0.635. The Morgan fingerprint density at radius 3 is 2.52 bits per heavy atom. The third kappa shape index (κ3) is 2.56. The SMILES string of the molecule is NC(=O)CC[C@@H]1N[C@]2(C(=O)Nc3ccccc32)[C@H]2C(=O)N(c3ccccc3F)C(=O)[C@H]12. The number of benzene rings is 2. The molecule has 9 heteroatoms. The van der Waals surface area contributed by atoms with Crippen molar-refractivity contribution in [2.45, 2.75) is 24.4 Å². The zero-order valence-electron chi connectivity index (χ0n) is 16.3. The summed E-state index contributed by atoms with van der Waals surface area (Å²) in [4.78, 5) is 52.4.